The molecule has 0 aliphatic heterocycles. The third-order valence-corrected chi connectivity index (χ3v) is 3.09. The molecular weight excluding hydrogens is 327 g/mol. The van der Waals surface area contributed by atoms with Gasteiger partial charge in [0.2, 0.25) is 0 Å². The number of rotatable bonds is 7. The summed E-state index contributed by atoms with van der Waals surface area (Å²) in [5.41, 5.74) is -1.01. The number of alkyl halides is 3. The maximum Gasteiger partial charge on any atom is 0.419 e. The second-order valence-corrected chi connectivity index (χ2v) is 4.96. The lowest BCUT2D eigenvalue weighted by atomic mass is 10.1. The normalized spacial score (nSPS) is 14.2. The monoisotopic (exact) mass is 345 g/mol. The third-order valence-electron chi connectivity index (χ3n) is 3.09. The highest BCUT2D eigenvalue weighted by Crippen LogP contribution is 2.36. The Balaban J connectivity index is 2.82. The average Bonchev–Trinajstić information content (AvgIpc) is 2.50. The summed E-state index contributed by atoms with van der Waals surface area (Å²) in [7, 11) is 0. The van der Waals surface area contributed by atoms with Gasteiger partial charge in [-0.25, -0.2) is 4.79 Å². The molecule has 2 unspecified atom stereocenters. The van der Waals surface area contributed by atoms with Crippen molar-refractivity contribution in [2.45, 2.75) is 38.6 Å². The Kier molecular flexibility index (Phi) is 6.82. The molecule has 132 valence electrons. The highest BCUT2D eigenvalue weighted by molar-refractivity contribution is 5.86. The van der Waals surface area contributed by atoms with Crippen LogP contribution in [0.5, 0.6) is 5.75 Å². The third kappa shape index (κ3) is 5.60. The highest BCUT2D eigenvalue weighted by atomic mass is 19.4. The van der Waals surface area contributed by atoms with E-state index in [0.717, 1.165) is 12.1 Å². The lowest BCUT2D eigenvalue weighted by Gasteiger charge is -2.20. The number of para-hydroxylation sites is 1. The Morgan fingerprint density at radius 1 is 1.33 bits per heavy atom. The van der Waals surface area contributed by atoms with Crippen LogP contribution in [0.25, 0.3) is 0 Å². The van der Waals surface area contributed by atoms with Crippen molar-refractivity contribution < 1.29 is 32.6 Å². The van der Waals surface area contributed by atoms with Crippen LogP contribution in [0.3, 0.4) is 0 Å². The van der Waals surface area contributed by atoms with Crippen LogP contribution >= 0.6 is 0 Å². The van der Waals surface area contributed by atoms with Gasteiger partial charge in [0.25, 0.3) is 5.91 Å². The molecule has 2 atom stereocenters. The standard InChI is InChI=1S/C16H18F3NO4/c1-3-4-8-12(15(22)23)20-14(21)10(2)24-13-9-6-5-7-11(13)16(17,18)19/h3-7,9-10,12H,8H2,1-2H3,(H,20,21)(H,22,23)/b4-3+. The minimum absolute atomic E-state index is 0.0590. The van der Waals surface area contributed by atoms with Crippen molar-refractivity contribution in [1.82, 2.24) is 5.32 Å². The predicted octanol–water partition coefficient (Wildman–Crippen LogP) is 3.01. The predicted molar refractivity (Wildman–Crippen MR) is 80.5 cm³/mol. The van der Waals surface area contributed by atoms with E-state index in [4.69, 9.17) is 9.84 Å². The van der Waals surface area contributed by atoms with E-state index in [-0.39, 0.29) is 6.42 Å². The van der Waals surface area contributed by atoms with Crippen LogP contribution in [-0.2, 0) is 15.8 Å². The Hall–Kier alpha value is -2.51. The van der Waals surface area contributed by atoms with Gasteiger partial charge >= 0.3 is 12.1 Å². The molecule has 1 rings (SSSR count). The lowest BCUT2D eigenvalue weighted by molar-refractivity contribution is -0.143. The van der Waals surface area contributed by atoms with E-state index < -0.39 is 41.5 Å². The number of carboxylic acid groups (broad SMARTS) is 1. The van der Waals surface area contributed by atoms with Crippen molar-refractivity contribution in [3.05, 3.63) is 42.0 Å². The number of carboxylic acids is 1. The van der Waals surface area contributed by atoms with Crippen molar-refractivity contribution in [3.8, 4) is 5.75 Å². The molecule has 0 aliphatic rings. The number of allylic oxidation sites excluding steroid dienone is 1. The van der Waals surface area contributed by atoms with Gasteiger partial charge < -0.3 is 15.2 Å². The molecule has 0 saturated heterocycles. The van der Waals surface area contributed by atoms with E-state index in [2.05, 4.69) is 5.32 Å². The zero-order chi connectivity index (χ0) is 18.3. The quantitative estimate of drug-likeness (QED) is 0.745. The fourth-order valence-corrected chi connectivity index (χ4v) is 1.83. The first-order valence-electron chi connectivity index (χ1n) is 7.14. The summed E-state index contributed by atoms with van der Waals surface area (Å²) in [5.74, 6) is -2.55. The molecule has 0 radical (unpaired) electrons. The number of carbonyl (C=O) groups is 2. The Morgan fingerprint density at radius 3 is 2.50 bits per heavy atom. The van der Waals surface area contributed by atoms with E-state index in [1.807, 2.05) is 0 Å². The van der Waals surface area contributed by atoms with Gasteiger partial charge in [0.15, 0.2) is 6.10 Å². The zero-order valence-electron chi connectivity index (χ0n) is 13.1. The summed E-state index contributed by atoms with van der Waals surface area (Å²) >= 11 is 0. The van der Waals surface area contributed by atoms with Crippen molar-refractivity contribution in [2.24, 2.45) is 0 Å². The number of hydrogen-bond donors (Lipinski definition) is 2. The second-order valence-electron chi connectivity index (χ2n) is 4.96. The summed E-state index contributed by atoms with van der Waals surface area (Å²) in [6, 6.07) is 3.31. The SMILES string of the molecule is C/C=C/CC(NC(=O)C(C)Oc1ccccc1C(F)(F)F)C(=O)O. The number of aliphatic carboxylic acids is 1. The number of carbonyl (C=O) groups excluding carboxylic acids is 1. The van der Waals surface area contributed by atoms with Gasteiger partial charge in [-0.3, -0.25) is 4.79 Å². The molecule has 1 amide bonds. The number of ether oxygens (including phenoxy) is 1. The van der Waals surface area contributed by atoms with E-state index in [1.165, 1.54) is 19.1 Å². The maximum atomic E-state index is 12.9. The number of benzene rings is 1. The second kappa shape index (κ2) is 8.37. The molecule has 0 saturated carbocycles. The fraction of sp³-hybridized carbons (Fsp3) is 0.375. The smallest absolute Gasteiger partial charge is 0.419 e. The molecule has 0 spiro atoms. The molecule has 0 aliphatic carbocycles. The molecule has 0 fully saturated rings. The summed E-state index contributed by atoms with van der Waals surface area (Å²) in [4.78, 5) is 23.1. The van der Waals surface area contributed by atoms with Gasteiger partial charge in [-0.1, -0.05) is 24.3 Å². The van der Waals surface area contributed by atoms with Crippen LogP contribution in [0.15, 0.2) is 36.4 Å². The highest BCUT2D eigenvalue weighted by Gasteiger charge is 2.35. The summed E-state index contributed by atoms with van der Waals surface area (Å²) in [6.07, 6.45) is -2.67. The first-order chi connectivity index (χ1) is 11.2. The van der Waals surface area contributed by atoms with Gasteiger partial charge in [-0.15, -0.1) is 0 Å². The topological polar surface area (TPSA) is 75.6 Å². The van der Waals surface area contributed by atoms with Gasteiger partial charge in [0, 0.05) is 0 Å². The molecule has 0 bridgehead atoms. The summed E-state index contributed by atoms with van der Waals surface area (Å²) < 4.78 is 43.7. The van der Waals surface area contributed by atoms with Crippen LogP contribution in [0, 0.1) is 0 Å². The number of halogens is 3. The minimum atomic E-state index is -4.62. The maximum absolute atomic E-state index is 12.9. The van der Waals surface area contributed by atoms with E-state index in [0.29, 0.717) is 0 Å². The van der Waals surface area contributed by atoms with Crippen LogP contribution in [-0.4, -0.2) is 29.1 Å². The van der Waals surface area contributed by atoms with Crippen LogP contribution in [0.4, 0.5) is 13.2 Å². The first kappa shape index (κ1) is 19.5. The average molecular weight is 345 g/mol. The van der Waals surface area contributed by atoms with Crippen LogP contribution in [0.1, 0.15) is 25.8 Å². The molecule has 1 aromatic rings. The Bertz CT molecular complexity index is 614. The molecule has 1 aromatic carbocycles. The van der Waals surface area contributed by atoms with Crippen molar-refractivity contribution in [2.75, 3.05) is 0 Å². The molecule has 8 heteroatoms. The van der Waals surface area contributed by atoms with E-state index >= 15 is 0 Å². The van der Waals surface area contributed by atoms with Crippen LogP contribution in [0.2, 0.25) is 0 Å². The van der Waals surface area contributed by atoms with Crippen molar-refractivity contribution in [3.63, 3.8) is 0 Å². The number of amides is 1. The first-order valence-corrected chi connectivity index (χ1v) is 7.14. The summed E-state index contributed by atoms with van der Waals surface area (Å²) in [5, 5.41) is 11.3. The lowest BCUT2D eigenvalue weighted by Crippen LogP contribution is -2.46. The Morgan fingerprint density at radius 2 is 1.96 bits per heavy atom. The van der Waals surface area contributed by atoms with Crippen molar-refractivity contribution >= 4 is 11.9 Å². The molecular formula is C16H18F3NO4. The van der Waals surface area contributed by atoms with Gasteiger partial charge in [-0.2, -0.15) is 13.2 Å². The van der Waals surface area contributed by atoms with Crippen LogP contribution < -0.4 is 10.1 Å². The minimum Gasteiger partial charge on any atom is -0.480 e. The van der Waals surface area contributed by atoms with E-state index in [1.54, 1.807) is 19.1 Å². The fourth-order valence-electron chi connectivity index (χ4n) is 1.83. The largest absolute Gasteiger partial charge is 0.480 e. The summed E-state index contributed by atoms with van der Waals surface area (Å²) in [6.45, 7) is 2.94. The Labute approximate surface area is 137 Å². The molecule has 0 heterocycles. The zero-order valence-corrected chi connectivity index (χ0v) is 13.1. The molecule has 0 aromatic heterocycles. The van der Waals surface area contributed by atoms with E-state index in [9.17, 15) is 22.8 Å². The molecule has 5 nitrogen and oxygen atoms in total. The molecule has 24 heavy (non-hydrogen) atoms. The number of nitrogens with one attached hydrogen (secondary N) is 1. The molecule has 2 N–H and O–H groups in total. The van der Waals surface area contributed by atoms with Crippen molar-refractivity contribution in [1.29, 1.82) is 0 Å². The van der Waals surface area contributed by atoms with Gasteiger partial charge in [-0.05, 0) is 32.4 Å². The van der Waals surface area contributed by atoms with Gasteiger partial charge in [0.05, 0.1) is 5.56 Å². The number of hydrogen-bond acceptors (Lipinski definition) is 3. The van der Waals surface area contributed by atoms with Gasteiger partial charge in [0.1, 0.15) is 11.8 Å².